The molecule has 0 spiro atoms. The van der Waals surface area contributed by atoms with E-state index in [0.717, 1.165) is 10.5 Å². The van der Waals surface area contributed by atoms with E-state index in [1.54, 1.807) is 97.9 Å². The van der Waals surface area contributed by atoms with E-state index in [0.29, 0.717) is 33.6 Å². The molecular formula is C38H31BrFN3O4S. The molecule has 1 atom stereocenters. The zero-order valence-corrected chi connectivity index (χ0v) is 28.2. The van der Waals surface area contributed by atoms with Gasteiger partial charge in [0.15, 0.2) is 0 Å². The molecule has 3 amide bonds. The lowest BCUT2D eigenvalue weighted by molar-refractivity contribution is -0.115. The minimum atomic E-state index is -0.534. The van der Waals surface area contributed by atoms with Crippen molar-refractivity contribution < 1.29 is 23.5 Å². The maximum absolute atomic E-state index is 14.2. The Bertz CT molecular complexity index is 1910. The van der Waals surface area contributed by atoms with Crippen molar-refractivity contribution in [2.45, 2.75) is 23.7 Å². The van der Waals surface area contributed by atoms with E-state index in [1.165, 1.54) is 23.9 Å². The SMILES string of the molecule is CC(Sc1ccc(NC(=O)/C(=C/c2ccc(OCc3ccccc3)cc2)NC(=O)c2ccccc2)cc1)C(=O)Nc1ccc(Br)cc1F. The number of rotatable bonds is 12. The van der Waals surface area contributed by atoms with Gasteiger partial charge in [-0.1, -0.05) is 76.6 Å². The van der Waals surface area contributed by atoms with Gasteiger partial charge < -0.3 is 20.7 Å². The fourth-order valence-corrected chi connectivity index (χ4v) is 5.61. The number of anilines is 2. The summed E-state index contributed by atoms with van der Waals surface area (Å²) in [7, 11) is 0. The van der Waals surface area contributed by atoms with Crippen molar-refractivity contribution in [3.63, 3.8) is 0 Å². The molecule has 3 N–H and O–H groups in total. The zero-order chi connectivity index (χ0) is 33.9. The van der Waals surface area contributed by atoms with E-state index < -0.39 is 22.9 Å². The van der Waals surface area contributed by atoms with Crippen LogP contribution in [0.25, 0.3) is 6.08 Å². The summed E-state index contributed by atoms with van der Waals surface area (Å²) in [6.07, 6.45) is 1.59. The monoisotopic (exact) mass is 723 g/mol. The normalized spacial score (nSPS) is 11.7. The van der Waals surface area contributed by atoms with Gasteiger partial charge >= 0.3 is 0 Å². The van der Waals surface area contributed by atoms with Crippen molar-refractivity contribution in [3.05, 3.63) is 160 Å². The van der Waals surface area contributed by atoms with E-state index in [1.807, 2.05) is 30.3 Å². The van der Waals surface area contributed by atoms with E-state index in [9.17, 15) is 18.8 Å². The minimum absolute atomic E-state index is 0.0470. The third-order valence-corrected chi connectivity index (χ3v) is 8.56. The number of hydrogen-bond donors (Lipinski definition) is 3. The summed E-state index contributed by atoms with van der Waals surface area (Å²) in [5.41, 5.74) is 2.77. The molecule has 0 aliphatic heterocycles. The summed E-state index contributed by atoms with van der Waals surface area (Å²) in [5, 5.41) is 7.66. The lowest BCUT2D eigenvalue weighted by atomic mass is 10.1. The smallest absolute Gasteiger partial charge is 0.272 e. The Morgan fingerprint density at radius 3 is 2.17 bits per heavy atom. The van der Waals surface area contributed by atoms with Crippen LogP contribution < -0.4 is 20.7 Å². The van der Waals surface area contributed by atoms with Crippen molar-refractivity contribution >= 4 is 62.9 Å². The minimum Gasteiger partial charge on any atom is -0.489 e. The largest absolute Gasteiger partial charge is 0.489 e. The van der Waals surface area contributed by atoms with Crippen LogP contribution in [-0.4, -0.2) is 23.0 Å². The molecule has 5 aromatic carbocycles. The highest BCUT2D eigenvalue weighted by Gasteiger charge is 2.18. The second-order valence-corrected chi connectivity index (χ2v) is 12.9. The third-order valence-electron chi connectivity index (χ3n) is 6.95. The second kappa shape index (κ2) is 16.6. The number of halogens is 2. The highest BCUT2D eigenvalue weighted by Crippen LogP contribution is 2.27. The number of hydrogen-bond acceptors (Lipinski definition) is 5. The standard InChI is InChI=1S/C38H31BrFN3O4S/c1-25(36(44)42-34-21-14-29(39)23-33(34)40)48-32-19-15-30(16-20-32)41-38(46)35(43-37(45)28-10-6-3-7-11-28)22-26-12-17-31(18-13-26)47-24-27-8-4-2-5-9-27/h2-23,25H,24H2,1H3,(H,41,46)(H,42,44)(H,43,45)/b35-22-. The van der Waals surface area contributed by atoms with Crippen molar-refractivity contribution in [3.8, 4) is 5.75 Å². The number of ether oxygens (including phenoxy) is 1. The van der Waals surface area contributed by atoms with Crippen molar-refractivity contribution in [2.75, 3.05) is 10.6 Å². The molecule has 0 aliphatic carbocycles. The van der Waals surface area contributed by atoms with Gasteiger partial charge in [-0.15, -0.1) is 11.8 Å². The highest BCUT2D eigenvalue weighted by atomic mass is 79.9. The Labute approximate surface area is 290 Å². The molecular weight excluding hydrogens is 693 g/mol. The first-order valence-electron chi connectivity index (χ1n) is 14.9. The molecule has 0 radical (unpaired) electrons. The maximum Gasteiger partial charge on any atom is 0.272 e. The van der Waals surface area contributed by atoms with Crippen LogP contribution in [-0.2, 0) is 16.2 Å². The fourth-order valence-electron chi connectivity index (χ4n) is 4.41. The molecule has 48 heavy (non-hydrogen) atoms. The van der Waals surface area contributed by atoms with E-state index >= 15 is 0 Å². The Balaban J connectivity index is 1.25. The maximum atomic E-state index is 14.2. The van der Waals surface area contributed by atoms with Crippen molar-refractivity contribution in [1.82, 2.24) is 5.32 Å². The summed E-state index contributed by atoms with van der Waals surface area (Å²) < 4.78 is 20.6. The van der Waals surface area contributed by atoms with E-state index in [2.05, 4.69) is 31.9 Å². The quantitative estimate of drug-likeness (QED) is 0.0884. The van der Waals surface area contributed by atoms with Crippen molar-refractivity contribution in [2.24, 2.45) is 0 Å². The van der Waals surface area contributed by atoms with Crippen LogP contribution in [0, 0.1) is 5.82 Å². The van der Waals surface area contributed by atoms with Gasteiger partial charge in [-0.2, -0.15) is 0 Å². The predicted molar refractivity (Wildman–Crippen MR) is 192 cm³/mol. The van der Waals surface area contributed by atoms with Crippen LogP contribution in [0.15, 0.2) is 142 Å². The fraction of sp³-hybridized carbons (Fsp3) is 0.0789. The van der Waals surface area contributed by atoms with Crippen LogP contribution in [0.3, 0.4) is 0 Å². The third kappa shape index (κ3) is 9.90. The van der Waals surface area contributed by atoms with Crippen LogP contribution in [0.4, 0.5) is 15.8 Å². The Hall–Kier alpha value is -5.19. The average molecular weight is 725 g/mol. The van der Waals surface area contributed by atoms with Gasteiger partial charge in [-0.05, 0) is 90.9 Å². The van der Waals surface area contributed by atoms with Gasteiger partial charge in [0.2, 0.25) is 5.91 Å². The van der Waals surface area contributed by atoms with Crippen LogP contribution >= 0.6 is 27.7 Å². The van der Waals surface area contributed by atoms with Gasteiger partial charge in [0.25, 0.3) is 11.8 Å². The molecule has 10 heteroatoms. The van der Waals surface area contributed by atoms with Gasteiger partial charge in [-0.25, -0.2) is 4.39 Å². The zero-order valence-electron chi connectivity index (χ0n) is 25.8. The molecule has 5 aromatic rings. The van der Waals surface area contributed by atoms with Gasteiger partial charge in [-0.3, -0.25) is 14.4 Å². The lowest BCUT2D eigenvalue weighted by Gasteiger charge is -2.14. The number of amides is 3. The summed E-state index contributed by atoms with van der Waals surface area (Å²) in [6, 6.07) is 37.0. The first-order valence-corrected chi connectivity index (χ1v) is 16.6. The predicted octanol–water partition coefficient (Wildman–Crippen LogP) is 8.70. The van der Waals surface area contributed by atoms with Crippen LogP contribution in [0.1, 0.15) is 28.4 Å². The Morgan fingerprint density at radius 1 is 0.833 bits per heavy atom. The molecule has 0 saturated heterocycles. The molecule has 0 bridgehead atoms. The molecule has 1 unspecified atom stereocenters. The molecule has 0 aromatic heterocycles. The average Bonchev–Trinajstić information content (AvgIpc) is 3.10. The summed E-state index contributed by atoms with van der Waals surface area (Å²) >= 11 is 4.49. The molecule has 242 valence electrons. The van der Waals surface area contributed by atoms with Gasteiger partial charge in [0.05, 0.1) is 10.9 Å². The number of carbonyl (C=O) groups excluding carboxylic acids is 3. The Morgan fingerprint density at radius 2 is 1.50 bits per heavy atom. The molecule has 0 aliphatic rings. The molecule has 0 fully saturated rings. The number of carbonyl (C=O) groups is 3. The molecule has 7 nitrogen and oxygen atoms in total. The molecule has 0 saturated carbocycles. The number of nitrogens with one attached hydrogen (secondary N) is 3. The van der Waals surface area contributed by atoms with E-state index in [4.69, 9.17) is 4.74 Å². The summed E-state index contributed by atoms with van der Waals surface area (Å²) in [6.45, 7) is 2.15. The molecule has 5 rings (SSSR count). The topological polar surface area (TPSA) is 96.5 Å². The van der Waals surface area contributed by atoms with Crippen molar-refractivity contribution in [1.29, 1.82) is 0 Å². The summed E-state index contributed by atoms with van der Waals surface area (Å²) in [4.78, 5) is 39.9. The van der Waals surface area contributed by atoms with Gasteiger partial charge in [0, 0.05) is 20.6 Å². The number of benzene rings is 5. The lowest BCUT2D eigenvalue weighted by Crippen LogP contribution is -2.30. The molecule has 0 heterocycles. The van der Waals surface area contributed by atoms with E-state index in [-0.39, 0.29) is 17.3 Å². The first-order chi connectivity index (χ1) is 23.2. The van der Waals surface area contributed by atoms with Crippen LogP contribution in [0.5, 0.6) is 5.75 Å². The Kier molecular flexibility index (Phi) is 11.8. The second-order valence-electron chi connectivity index (χ2n) is 10.6. The van der Waals surface area contributed by atoms with Gasteiger partial charge in [0.1, 0.15) is 23.9 Å². The first kappa shape index (κ1) is 34.2. The van der Waals surface area contributed by atoms with Crippen LogP contribution in [0.2, 0.25) is 0 Å². The number of thioether (sulfide) groups is 1. The summed E-state index contributed by atoms with van der Waals surface area (Å²) in [5.74, 6) is -1.16. The highest BCUT2D eigenvalue weighted by molar-refractivity contribution is 9.10.